The van der Waals surface area contributed by atoms with E-state index in [0.717, 1.165) is 38.5 Å². The summed E-state index contributed by atoms with van der Waals surface area (Å²) in [7, 11) is -5.11. The fourth-order valence-corrected chi connectivity index (χ4v) is 8.15. The molecule has 1 fully saturated rings. The monoisotopic (exact) mass is 866 g/mol. The van der Waals surface area contributed by atoms with Crippen LogP contribution >= 0.6 is 0 Å². The SMILES string of the molecule is CCCCCCCCCC/C=C/C(O)C(COC1OC(CO)C(O)C(OS(=O)(=O)O)C1O)NC(=O)C(O)CCCCCCCCCCCCCCCCCCCCCC. The lowest BCUT2D eigenvalue weighted by atomic mass is 9.99. The molecule has 1 aliphatic heterocycles. The predicted octanol–water partition coefficient (Wildman–Crippen LogP) is 8.14. The highest BCUT2D eigenvalue weighted by Gasteiger charge is 2.48. The molecule has 8 atom stereocenters. The molecular weight excluding hydrogens is 779 g/mol. The molecule has 7 N–H and O–H groups in total. The number of allylic oxidation sites excluding steroid dienone is 1. The van der Waals surface area contributed by atoms with Crippen LogP contribution in [0, 0.1) is 0 Å². The van der Waals surface area contributed by atoms with Gasteiger partial charge >= 0.3 is 10.4 Å². The fourth-order valence-electron chi connectivity index (χ4n) is 7.64. The van der Waals surface area contributed by atoms with Crippen molar-refractivity contribution in [3.05, 3.63) is 12.2 Å². The Morgan fingerprint density at radius 2 is 1.10 bits per heavy atom. The van der Waals surface area contributed by atoms with Gasteiger partial charge in [0.05, 0.1) is 25.4 Å². The van der Waals surface area contributed by atoms with Gasteiger partial charge in [0.15, 0.2) is 6.29 Å². The third-order valence-electron chi connectivity index (χ3n) is 11.4. The van der Waals surface area contributed by atoms with E-state index < -0.39 is 78.5 Å². The topological polar surface area (TPSA) is 212 Å². The number of aliphatic hydroxyl groups excluding tert-OH is 5. The summed E-state index contributed by atoms with van der Waals surface area (Å²) in [5, 5.41) is 55.1. The highest BCUT2D eigenvalue weighted by atomic mass is 32.3. The first-order valence-corrected chi connectivity index (χ1v) is 25.0. The molecule has 1 rings (SSSR count). The minimum Gasteiger partial charge on any atom is -0.394 e. The van der Waals surface area contributed by atoms with Crippen LogP contribution in [0.3, 0.4) is 0 Å². The van der Waals surface area contributed by atoms with Crippen molar-refractivity contribution in [3.63, 3.8) is 0 Å². The lowest BCUT2D eigenvalue weighted by Crippen LogP contribution is -2.61. The van der Waals surface area contributed by atoms with Crippen molar-refractivity contribution in [2.45, 2.75) is 255 Å². The standard InChI is InChI=1S/C45H87NO12S/c1-3-5-7-9-11-13-15-16-17-18-19-20-21-22-23-24-26-28-30-32-34-39(49)44(52)46-37(38(48)33-31-29-27-25-14-12-10-8-6-4-2)36-56-45-42(51)43(58-59(53,54)55)41(50)40(35-47)57-45/h31,33,37-43,45,47-51H,3-30,32,34-36H2,1-2H3,(H,46,52)(H,53,54,55)/b33-31+. The van der Waals surface area contributed by atoms with Crippen LogP contribution in [0.5, 0.6) is 0 Å². The van der Waals surface area contributed by atoms with Crippen LogP contribution in [0.1, 0.15) is 206 Å². The zero-order valence-corrected chi connectivity index (χ0v) is 37.8. The number of rotatable bonds is 40. The van der Waals surface area contributed by atoms with E-state index >= 15 is 0 Å². The smallest absolute Gasteiger partial charge is 0.394 e. The van der Waals surface area contributed by atoms with Gasteiger partial charge in [-0.25, -0.2) is 4.18 Å². The Labute approximate surface area is 358 Å². The van der Waals surface area contributed by atoms with Gasteiger partial charge in [0.25, 0.3) is 0 Å². The van der Waals surface area contributed by atoms with Crippen LogP contribution in [0.15, 0.2) is 12.2 Å². The molecule has 350 valence electrons. The number of aliphatic hydroxyl groups is 5. The average Bonchev–Trinajstić information content (AvgIpc) is 3.20. The second-order valence-electron chi connectivity index (χ2n) is 16.8. The molecule has 1 heterocycles. The number of ether oxygens (including phenoxy) is 2. The van der Waals surface area contributed by atoms with Crippen molar-refractivity contribution >= 4 is 16.3 Å². The summed E-state index contributed by atoms with van der Waals surface area (Å²) < 4.78 is 47.4. The third kappa shape index (κ3) is 28.9. The number of hydrogen-bond acceptors (Lipinski definition) is 11. The molecule has 14 heteroatoms. The normalized spacial score (nSPS) is 21.5. The molecule has 0 spiro atoms. The van der Waals surface area contributed by atoms with Crippen molar-refractivity contribution in [2.24, 2.45) is 0 Å². The summed E-state index contributed by atoms with van der Waals surface area (Å²) in [6.07, 6.45) is 27.4. The van der Waals surface area contributed by atoms with E-state index in [0.29, 0.717) is 12.8 Å². The lowest BCUT2D eigenvalue weighted by molar-refractivity contribution is -0.298. The van der Waals surface area contributed by atoms with Gasteiger partial charge in [0, 0.05) is 0 Å². The first-order chi connectivity index (χ1) is 28.4. The third-order valence-corrected chi connectivity index (χ3v) is 11.9. The highest BCUT2D eigenvalue weighted by Crippen LogP contribution is 2.26. The van der Waals surface area contributed by atoms with Gasteiger partial charge < -0.3 is 40.3 Å². The van der Waals surface area contributed by atoms with Gasteiger partial charge in [-0.2, -0.15) is 8.42 Å². The van der Waals surface area contributed by atoms with Crippen LogP contribution in [0.4, 0.5) is 0 Å². The molecule has 0 saturated carbocycles. The molecule has 8 unspecified atom stereocenters. The molecule has 0 bridgehead atoms. The van der Waals surface area contributed by atoms with Gasteiger partial charge in [0.1, 0.15) is 30.5 Å². The molecule has 0 aliphatic carbocycles. The zero-order valence-electron chi connectivity index (χ0n) is 36.9. The second kappa shape index (κ2) is 36.3. The number of carbonyl (C=O) groups is 1. The van der Waals surface area contributed by atoms with Crippen LogP contribution in [0.2, 0.25) is 0 Å². The van der Waals surface area contributed by atoms with Crippen LogP contribution < -0.4 is 5.32 Å². The fraction of sp³-hybridized carbons (Fsp3) is 0.933. The minimum atomic E-state index is -5.11. The Hall–Kier alpha value is -1.20. The Bertz CT molecular complexity index is 1130. The number of amides is 1. The van der Waals surface area contributed by atoms with Crippen LogP contribution in [0.25, 0.3) is 0 Å². The Kier molecular flexibility index (Phi) is 34.3. The molecular formula is C45H87NO12S. The van der Waals surface area contributed by atoms with Gasteiger partial charge in [-0.05, 0) is 19.3 Å². The Morgan fingerprint density at radius 3 is 1.53 bits per heavy atom. The molecule has 1 saturated heterocycles. The van der Waals surface area contributed by atoms with E-state index in [9.17, 15) is 38.7 Å². The van der Waals surface area contributed by atoms with Gasteiger partial charge in [-0.3, -0.25) is 9.35 Å². The molecule has 13 nitrogen and oxygen atoms in total. The number of hydrogen-bond donors (Lipinski definition) is 7. The largest absolute Gasteiger partial charge is 0.397 e. The van der Waals surface area contributed by atoms with E-state index in [4.69, 9.17) is 14.0 Å². The van der Waals surface area contributed by atoms with Gasteiger partial charge in [0.2, 0.25) is 5.91 Å². The summed E-state index contributed by atoms with van der Waals surface area (Å²) in [5.74, 6) is -0.701. The van der Waals surface area contributed by atoms with E-state index in [1.54, 1.807) is 0 Å². The zero-order chi connectivity index (χ0) is 43.6. The molecule has 0 radical (unpaired) electrons. The van der Waals surface area contributed by atoms with Crippen LogP contribution in [-0.2, 0) is 28.9 Å². The highest BCUT2D eigenvalue weighted by molar-refractivity contribution is 7.80. The minimum absolute atomic E-state index is 0.248. The summed E-state index contributed by atoms with van der Waals surface area (Å²) in [6.45, 7) is 3.20. The molecule has 0 aromatic heterocycles. The van der Waals surface area contributed by atoms with Crippen molar-refractivity contribution in [2.75, 3.05) is 13.2 Å². The Morgan fingerprint density at radius 1 is 0.678 bits per heavy atom. The van der Waals surface area contributed by atoms with Gasteiger partial charge in [-0.1, -0.05) is 199 Å². The average molecular weight is 866 g/mol. The predicted molar refractivity (Wildman–Crippen MR) is 233 cm³/mol. The molecule has 59 heavy (non-hydrogen) atoms. The molecule has 0 aromatic carbocycles. The van der Waals surface area contributed by atoms with Crippen molar-refractivity contribution in [1.29, 1.82) is 0 Å². The summed E-state index contributed by atoms with van der Waals surface area (Å²) >= 11 is 0. The quantitative estimate of drug-likeness (QED) is 0.0177. The van der Waals surface area contributed by atoms with Crippen LogP contribution in [-0.4, -0.2) is 107 Å². The van der Waals surface area contributed by atoms with Crippen molar-refractivity contribution < 1.29 is 57.0 Å². The summed E-state index contributed by atoms with van der Waals surface area (Å²) in [5.41, 5.74) is 0. The van der Waals surface area contributed by atoms with Gasteiger partial charge in [-0.15, -0.1) is 0 Å². The molecule has 0 aromatic rings. The molecule has 1 aliphatic rings. The number of carbonyl (C=O) groups excluding carboxylic acids is 1. The van der Waals surface area contributed by atoms with E-state index in [2.05, 4.69) is 23.3 Å². The maximum absolute atomic E-state index is 13.1. The lowest BCUT2D eigenvalue weighted by Gasteiger charge is -2.41. The Balaban J connectivity index is 2.48. The number of unbranched alkanes of at least 4 members (excludes halogenated alkanes) is 27. The van der Waals surface area contributed by atoms with E-state index in [1.165, 1.54) is 141 Å². The van der Waals surface area contributed by atoms with E-state index in [-0.39, 0.29) is 6.42 Å². The van der Waals surface area contributed by atoms with Crippen molar-refractivity contribution in [1.82, 2.24) is 5.32 Å². The second-order valence-corrected chi connectivity index (χ2v) is 17.9. The summed E-state index contributed by atoms with van der Waals surface area (Å²) in [6, 6.07) is -1.11. The maximum atomic E-state index is 13.1. The first-order valence-electron chi connectivity index (χ1n) is 23.7. The summed E-state index contributed by atoms with van der Waals surface area (Å²) in [4.78, 5) is 13.1. The first kappa shape index (κ1) is 55.8. The van der Waals surface area contributed by atoms with E-state index in [1.807, 2.05) is 6.08 Å². The maximum Gasteiger partial charge on any atom is 0.397 e. The molecule has 1 amide bonds. The van der Waals surface area contributed by atoms with Crippen molar-refractivity contribution in [3.8, 4) is 0 Å². The number of nitrogens with one attached hydrogen (secondary N) is 1.